The summed E-state index contributed by atoms with van der Waals surface area (Å²) in [7, 11) is 0. The molecule has 0 bridgehead atoms. The van der Waals surface area contributed by atoms with E-state index >= 15 is 0 Å². The van der Waals surface area contributed by atoms with Crippen molar-refractivity contribution < 1.29 is 9.84 Å². The SMILES string of the molecule is O[C@@H](c1ccccn1)C1(c2ccccc2)CCOCC1. The number of benzene rings is 1. The highest BCUT2D eigenvalue weighted by Gasteiger charge is 2.42. The quantitative estimate of drug-likeness (QED) is 0.931. The van der Waals surface area contributed by atoms with Crippen molar-refractivity contribution in [2.75, 3.05) is 13.2 Å². The fraction of sp³-hybridized carbons (Fsp3) is 0.353. The molecule has 20 heavy (non-hydrogen) atoms. The van der Waals surface area contributed by atoms with E-state index in [1.807, 2.05) is 36.4 Å². The summed E-state index contributed by atoms with van der Waals surface area (Å²) in [6, 6.07) is 15.9. The lowest BCUT2D eigenvalue weighted by Crippen LogP contribution is -2.40. The van der Waals surface area contributed by atoms with Crippen LogP contribution in [-0.4, -0.2) is 23.3 Å². The number of hydrogen-bond donors (Lipinski definition) is 1. The van der Waals surface area contributed by atoms with Gasteiger partial charge in [-0.3, -0.25) is 4.98 Å². The number of pyridine rings is 1. The third-order valence-electron chi connectivity index (χ3n) is 4.23. The van der Waals surface area contributed by atoms with Crippen LogP contribution in [0.5, 0.6) is 0 Å². The van der Waals surface area contributed by atoms with E-state index in [1.165, 1.54) is 5.56 Å². The van der Waals surface area contributed by atoms with Gasteiger partial charge in [-0.25, -0.2) is 0 Å². The Bertz CT molecular complexity index is 535. The molecule has 1 aromatic carbocycles. The van der Waals surface area contributed by atoms with Gasteiger partial charge in [-0.1, -0.05) is 36.4 Å². The van der Waals surface area contributed by atoms with E-state index in [0.29, 0.717) is 13.2 Å². The van der Waals surface area contributed by atoms with Crippen LogP contribution in [0.4, 0.5) is 0 Å². The summed E-state index contributed by atoms with van der Waals surface area (Å²) < 4.78 is 5.50. The fourth-order valence-corrected chi connectivity index (χ4v) is 3.05. The van der Waals surface area contributed by atoms with Crippen molar-refractivity contribution in [3.05, 3.63) is 66.0 Å². The number of nitrogens with zero attached hydrogens (tertiary/aromatic N) is 1. The maximum absolute atomic E-state index is 10.9. The molecule has 0 aliphatic carbocycles. The van der Waals surface area contributed by atoms with Crippen LogP contribution in [-0.2, 0) is 10.2 Å². The van der Waals surface area contributed by atoms with Crippen LogP contribution in [0.3, 0.4) is 0 Å². The van der Waals surface area contributed by atoms with Crippen LogP contribution < -0.4 is 0 Å². The van der Waals surface area contributed by atoms with Gasteiger partial charge in [0.1, 0.15) is 6.10 Å². The zero-order valence-corrected chi connectivity index (χ0v) is 11.4. The molecule has 1 aliphatic rings. The summed E-state index contributed by atoms with van der Waals surface area (Å²) in [6.45, 7) is 1.36. The van der Waals surface area contributed by atoms with Gasteiger partial charge in [0.15, 0.2) is 0 Å². The first-order valence-electron chi connectivity index (χ1n) is 7.05. The predicted octanol–water partition coefficient (Wildman–Crippen LogP) is 2.86. The molecule has 0 amide bonds. The molecular formula is C17H19NO2. The van der Waals surface area contributed by atoms with Crippen LogP contribution >= 0.6 is 0 Å². The maximum atomic E-state index is 10.9. The Kier molecular flexibility index (Phi) is 3.81. The highest BCUT2D eigenvalue weighted by atomic mass is 16.5. The smallest absolute Gasteiger partial charge is 0.106 e. The second-order valence-corrected chi connectivity index (χ2v) is 5.29. The Labute approximate surface area is 119 Å². The van der Waals surface area contributed by atoms with Crippen LogP contribution in [0.15, 0.2) is 54.7 Å². The summed E-state index contributed by atoms with van der Waals surface area (Å²) >= 11 is 0. The molecule has 0 saturated carbocycles. The van der Waals surface area contributed by atoms with Gasteiger partial charge in [-0.15, -0.1) is 0 Å². The second kappa shape index (κ2) is 5.73. The van der Waals surface area contributed by atoms with Gasteiger partial charge in [0.05, 0.1) is 5.69 Å². The Hall–Kier alpha value is -1.71. The minimum Gasteiger partial charge on any atom is -0.386 e. The first kappa shape index (κ1) is 13.3. The molecule has 2 heterocycles. The molecule has 1 aliphatic heterocycles. The van der Waals surface area contributed by atoms with Gasteiger partial charge in [-0.05, 0) is 30.5 Å². The highest BCUT2D eigenvalue weighted by molar-refractivity contribution is 5.30. The summed E-state index contributed by atoms with van der Waals surface area (Å²) in [5.41, 5.74) is 1.60. The Morgan fingerprint density at radius 1 is 1.00 bits per heavy atom. The molecule has 3 heteroatoms. The van der Waals surface area contributed by atoms with Crippen molar-refractivity contribution in [3.8, 4) is 0 Å². The molecule has 3 rings (SSSR count). The van der Waals surface area contributed by atoms with E-state index in [0.717, 1.165) is 18.5 Å². The molecule has 3 nitrogen and oxygen atoms in total. The largest absolute Gasteiger partial charge is 0.386 e. The van der Waals surface area contributed by atoms with Gasteiger partial charge >= 0.3 is 0 Å². The van der Waals surface area contributed by atoms with Crippen LogP contribution in [0, 0.1) is 0 Å². The Morgan fingerprint density at radius 2 is 1.70 bits per heavy atom. The van der Waals surface area contributed by atoms with E-state index in [2.05, 4.69) is 17.1 Å². The fourth-order valence-electron chi connectivity index (χ4n) is 3.05. The summed E-state index contributed by atoms with van der Waals surface area (Å²) in [6.07, 6.45) is 2.76. The molecule has 1 N–H and O–H groups in total. The Morgan fingerprint density at radius 3 is 2.35 bits per heavy atom. The number of hydrogen-bond acceptors (Lipinski definition) is 3. The molecule has 0 radical (unpaired) electrons. The zero-order chi connectivity index (χ0) is 13.8. The summed E-state index contributed by atoms with van der Waals surface area (Å²) in [5.74, 6) is 0. The van der Waals surface area contributed by atoms with E-state index < -0.39 is 6.10 Å². The number of aliphatic hydroxyl groups is 1. The highest BCUT2D eigenvalue weighted by Crippen LogP contribution is 2.44. The van der Waals surface area contributed by atoms with Crippen molar-refractivity contribution in [2.45, 2.75) is 24.4 Å². The van der Waals surface area contributed by atoms with Crippen LogP contribution in [0.2, 0.25) is 0 Å². The number of rotatable bonds is 3. The van der Waals surface area contributed by atoms with E-state index in [1.54, 1.807) is 6.20 Å². The average molecular weight is 269 g/mol. The van der Waals surface area contributed by atoms with Gasteiger partial charge in [0, 0.05) is 24.8 Å². The average Bonchev–Trinajstić information content (AvgIpc) is 2.56. The van der Waals surface area contributed by atoms with Crippen LogP contribution in [0.1, 0.15) is 30.2 Å². The van der Waals surface area contributed by atoms with Gasteiger partial charge in [0.25, 0.3) is 0 Å². The van der Waals surface area contributed by atoms with Crippen LogP contribution in [0.25, 0.3) is 0 Å². The lowest BCUT2D eigenvalue weighted by atomic mass is 9.69. The predicted molar refractivity (Wildman–Crippen MR) is 77.4 cm³/mol. The van der Waals surface area contributed by atoms with Crippen molar-refractivity contribution in [2.24, 2.45) is 0 Å². The van der Waals surface area contributed by atoms with E-state index in [9.17, 15) is 5.11 Å². The first-order chi connectivity index (χ1) is 9.83. The first-order valence-corrected chi connectivity index (χ1v) is 7.05. The molecule has 1 atom stereocenters. The van der Waals surface area contributed by atoms with E-state index in [4.69, 9.17) is 4.74 Å². The molecule has 1 saturated heterocycles. The van der Waals surface area contributed by atoms with Crippen molar-refractivity contribution >= 4 is 0 Å². The second-order valence-electron chi connectivity index (χ2n) is 5.29. The van der Waals surface area contributed by atoms with Gasteiger partial charge in [0.2, 0.25) is 0 Å². The molecule has 1 fully saturated rings. The number of aromatic nitrogens is 1. The third kappa shape index (κ3) is 2.35. The lowest BCUT2D eigenvalue weighted by molar-refractivity contribution is -0.0187. The third-order valence-corrected chi connectivity index (χ3v) is 4.23. The molecule has 0 unspecified atom stereocenters. The molecular weight excluding hydrogens is 250 g/mol. The standard InChI is InChI=1S/C17H19NO2/c19-16(15-8-4-5-11-18-15)17(9-12-20-13-10-17)14-6-2-1-3-7-14/h1-8,11,16,19H,9-10,12-13H2/t16-/m0/s1. The molecule has 2 aromatic rings. The minimum absolute atomic E-state index is 0.298. The van der Waals surface area contributed by atoms with Crippen molar-refractivity contribution in [1.29, 1.82) is 0 Å². The minimum atomic E-state index is -0.602. The normalized spacial score (nSPS) is 19.4. The molecule has 104 valence electrons. The summed E-state index contributed by atoms with van der Waals surface area (Å²) in [5, 5.41) is 10.9. The molecule has 0 spiro atoms. The Balaban J connectivity index is 2.02. The van der Waals surface area contributed by atoms with Gasteiger partial charge in [-0.2, -0.15) is 0 Å². The lowest BCUT2D eigenvalue weighted by Gasteiger charge is -2.41. The van der Waals surface area contributed by atoms with E-state index in [-0.39, 0.29) is 5.41 Å². The van der Waals surface area contributed by atoms with Crippen molar-refractivity contribution in [3.63, 3.8) is 0 Å². The monoisotopic (exact) mass is 269 g/mol. The van der Waals surface area contributed by atoms with Gasteiger partial charge < -0.3 is 9.84 Å². The summed E-state index contributed by atoms with van der Waals surface area (Å²) in [4.78, 5) is 4.33. The zero-order valence-electron chi connectivity index (χ0n) is 11.4. The number of ether oxygens (including phenoxy) is 1. The topological polar surface area (TPSA) is 42.4 Å². The maximum Gasteiger partial charge on any atom is 0.106 e. The van der Waals surface area contributed by atoms with Crippen molar-refractivity contribution in [1.82, 2.24) is 4.98 Å². The molecule has 1 aromatic heterocycles. The number of aliphatic hydroxyl groups excluding tert-OH is 1.